The van der Waals surface area contributed by atoms with Gasteiger partial charge in [0.1, 0.15) is 6.04 Å². The summed E-state index contributed by atoms with van der Waals surface area (Å²) in [6.45, 7) is 1.91. The third-order valence-electron chi connectivity index (χ3n) is 3.05. The maximum atomic E-state index is 11.6. The lowest BCUT2D eigenvalue weighted by Crippen LogP contribution is -2.40. The summed E-state index contributed by atoms with van der Waals surface area (Å²) >= 11 is 0. The minimum absolute atomic E-state index is 0.270. The molecular weight excluding hydrogens is 202 g/mol. The standard InChI is InChI=1S/C12H17N3O/c13-12(16)11(10-4-6-14-7-5-10)15-8-2-1-3-9-15/h4-7,11H,1-3,8-9H2,(H2,13,16). The van der Waals surface area contributed by atoms with Crippen molar-refractivity contribution in [2.24, 2.45) is 5.73 Å². The second kappa shape index (κ2) is 5.07. The molecule has 1 atom stereocenters. The fourth-order valence-electron chi connectivity index (χ4n) is 2.28. The van der Waals surface area contributed by atoms with Gasteiger partial charge in [0.05, 0.1) is 0 Å². The van der Waals surface area contributed by atoms with Crippen molar-refractivity contribution in [3.63, 3.8) is 0 Å². The van der Waals surface area contributed by atoms with Gasteiger partial charge >= 0.3 is 0 Å². The van der Waals surface area contributed by atoms with Crippen LogP contribution in [0.5, 0.6) is 0 Å². The van der Waals surface area contributed by atoms with Gasteiger partial charge in [-0.3, -0.25) is 14.7 Å². The number of likely N-dealkylation sites (tertiary alicyclic amines) is 1. The lowest BCUT2D eigenvalue weighted by molar-refractivity contribution is -0.123. The fourth-order valence-corrected chi connectivity index (χ4v) is 2.28. The summed E-state index contributed by atoms with van der Waals surface area (Å²) < 4.78 is 0. The van der Waals surface area contributed by atoms with Crippen molar-refractivity contribution in [1.82, 2.24) is 9.88 Å². The van der Waals surface area contributed by atoms with Gasteiger partial charge in [0, 0.05) is 12.4 Å². The smallest absolute Gasteiger partial charge is 0.239 e. The lowest BCUT2D eigenvalue weighted by Gasteiger charge is -2.32. The SMILES string of the molecule is NC(=O)C(c1ccncc1)N1CCCCC1. The first-order chi connectivity index (χ1) is 7.79. The Morgan fingerprint density at radius 2 is 1.88 bits per heavy atom. The Bertz CT molecular complexity index is 347. The number of aromatic nitrogens is 1. The van der Waals surface area contributed by atoms with Gasteiger partial charge in [-0.1, -0.05) is 6.42 Å². The predicted octanol–water partition coefficient (Wildman–Crippen LogP) is 1.09. The van der Waals surface area contributed by atoms with E-state index in [-0.39, 0.29) is 11.9 Å². The summed E-state index contributed by atoms with van der Waals surface area (Å²) in [5.74, 6) is -0.270. The van der Waals surface area contributed by atoms with Crippen molar-refractivity contribution in [2.75, 3.05) is 13.1 Å². The molecule has 0 radical (unpaired) electrons. The highest BCUT2D eigenvalue weighted by atomic mass is 16.1. The summed E-state index contributed by atoms with van der Waals surface area (Å²) in [4.78, 5) is 17.7. The molecule has 2 rings (SSSR count). The lowest BCUT2D eigenvalue weighted by atomic mass is 10.0. The molecule has 1 aliphatic heterocycles. The minimum atomic E-state index is -0.289. The molecule has 16 heavy (non-hydrogen) atoms. The molecule has 2 heterocycles. The van der Waals surface area contributed by atoms with Crippen molar-refractivity contribution in [2.45, 2.75) is 25.3 Å². The molecule has 0 saturated carbocycles. The third kappa shape index (κ3) is 2.39. The third-order valence-corrected chi connectivity index (χ3v) is 3.05. The van der Waals surface area contributed by atoms with Gasteiger partial charge in [0.15, 0.2) is 0 Å². The van der Waals surface area contributed by atoms with Gasteiger partial charge in [-0.15, -0.1) is 0 Å². The summed E-state index contributed by atoms with van der Waals surface area (Å²) in [7, 11) is 0. The molecule has 2 N–H and O–H groups in total. The monoisotopic (exact) mass is 219 g/mol. The van der Waals surface area contributed by atoms with Crippen LogP contribution in [0.2, 0.25) is 0 Å². The second-order valence-electron chi connectivity index (χ2n) is 4.18. The molecule has 0 spiro atoms. The van der Waals surface area contributed by atoms with Gasteiger partial charge in [0.25, 0.3) is 0 Å². The maximum absolute atomic E-state index is 11.6. The molecule has 0 aliphatic carbocycles. The first-order valence-electron chi connectivity index (χ1n) is 5.72. The van der Waals surface area contributed by atoms with E-state index < -0.39 is 0 Å². The zero-order chi connectivity index (χ0) is 11.4. The largest absolute Gasteiger partial charge is 0.368 e. The fraction of sp³-hybridized carbons (Fsp3) is 0.500. The van der Waals surface area contributed by atoms with Crippen molar-refractivity contribution >= 4 is 5.91 Å². The molecule has 4 nitrogen and oxygen atoms in total. The highest BCUT2D eigenvalue weighted by molar-refractivity contribution is 5.81. The van der Waals surface area contributed by atoms with Crippen molar-refractivity contribution in [3.05, 3.63) is 30.1 Å². The molecule has 0 bridgehead atoms. The average molecular weight is 219 g/mol. The Labute approximate surface area is 95.5 Å². The molecule has 86 valence electrons. The zero-order valence-corrected chi connectivity index (χ0v) is 9.30. The Kier molecular flexibility index (Phi) is 3.51. The molecule has 1 saturated heterocycles. The predicted molar refractivity (Wildman–Crippen MR) is 61.6 cm³/mol. The summed E-state index contributed by atoms with van der Waals surface area (Å²) in [6.07, 6.45) is 6.95. The highest BCUT2D eigenvalue weighted by Crippen LogP contribution is 2.23. The van der Waals surface area contributed by atoms with Crippen LogP contribution >= 0.6 is 0 Å². The summed E-state index contributed by atoms with van der Waals surface area (Å²) in [6, 6.07) is 3.44. The molecular formula is C12H17N3O. The molecule has 1 aromatic rings. The Balaban J connectivity index is 2.20. The number of piperidine rings is 1. The summed E-state index contributed by atoms with van der Waals surface area (Å²) in [5.41, 5.74) is 6.45. The minimum Gasteiger partial charge on any atom is -0.368 e. The first-order valence-corrected chi connectivity index (χ1v) is 5.72. The van der Waals surface area contributed by atoms with Crippen LogP contribution in [0.1, 0.15) is 30.9 Å². The van der Waals surface area contributed by atoms with Crippen molar-refractivity contribution in [3.8, 4) is 0 Å². The van der Waals surface area contributed by atoms with Crippen LogP contribution in [-0.4, -0.2) is 28.9 Å². The molecule has 1 amide bonds. The normalized spacial score (nSPS) is 19.2. The van der Waals surface area contributed by atoms with E-state index in [1.165, 1.54) is 6.42 Å². The number of carbonyl (C=O) groups excluding carboxylic acids is 1. The molecule has 1 unspecified atom stereocenters. The van der Waals surface area contributed by atoms with Gasteiger partial charge in [-0.05, 0) is 43.6 Å². The summed E-state index contributed by atoms with van der Waals surface area (Å²) in [5, 5.41) is 0. The molecule has 4 heteroatoms. The van der Waals surface area contributed by atoms with E-state index in [2.05, 4.69) is 9.88 Å². The van der Waals surface area contributed by atoms with E-state index >= 15 is 0 Å². The molecule has 1 aliphatic rings. The molecule has 1 fully saturated rings. The number of carbonyl (C=O) groups is 1. The van der Waals surface area contributed by atoms with Crippen LogP contribution in [0.15, 0.2) is 24.5 Å². The Morgan fingerprint density at radius 3 is 2.44 bits per heavy atom. The number of primary amides is 1. The van der Waals surface area contributed by atoms with Gasteiger partial charge in [0.2, 0.25) is 5.91 Å². The Morgan fingerprint density at radius 1 is 1.25 bits per heavy atom. The van der Waals surface area contributed by atoms with Crippen molar-refractivity contribution < 1.29 is 4.79 Å². The Hall–Kier alpha value is -1.42. The van der Waals surface area contributed by atoms with Gasteiger partial charge in [-0.2, -0.15) is 0 Å². The van der Waals surface area contributed by atoms with Crippen LogP contribution < -0.4 is 5.73 Å². The molecule has 1 aromatic heterocycles. The molecule has 0 aromatic carbocycles. The average Bonchev–Trinajstić information content (AvgIpc) is 2.31. The van der Waals surface area contributed by atoms with E-state index in [1.807, 2.05) is 12.1 Å². The van der Waals surface area contributed by atoms with E-state index in [0.717, 1.165) is 31.5 Å². The van der Waals surface area contributed by atoms with E-state index in [9.17, 15) is 4.79 Å². The quantitative estimate of drug-likeness (QED) is 0.828. The van der Waals surface area contributed by atoms with Crippen molar-refractivity contribution in [1.29, 1.82) is 0 Å². The van der Waals surface area contributed by atoms with Crippen LogP contribution in [0, 0.1) is 0 Å². The van der Waals surface area contributed by atoms with Gasteiger partial charge in [-0.25, -0.2) is 0 Å². The van der Waals surface area contributed by atoms with Crippen LogP contribution in [0.4, 0.5) is 0 Å². The highest BCUT2D eigenvalue weighted by Gasteiger charge is 2.26. The number of hydrogen-bond donors (Lipinski definition) is 1. The first kappa shape index (κ1) is 11.1. The number of rotatable bonds is 3. The van der Waals surface area contributed by atoms with Gasteiger partial charge < -0.3 is 5.73 Å². The number of nitrogens with zero attached hydrogens (tertiary/aromatic N) is 2. The number of amides is 1. The number of nitrogens with two attached hydrogens (primary N) is 1. The van der Waals surface area contributed by atoms with E-state index in [4.69, 9.17) is 5.73 Å². The van der Waals surface area contributed by atoms with E-state index in [1.54, 1.807) is 12.4 Å². The number of pyridine rings is 1. The zero-order valence-electron chi connectivity index (χ0n) is 9.30. The maximum Gasteiger partial charge on any atom is 0.239 e. The number of hydrogen-bond acceptors (Lipinski definition) is 3. The van der Waals surface area contributed by atoms with Crippen LogP contribution in [0.3, 0.4) is 0 Å². The van der Waals surface area contributed by atoms with Crippen LogP contribution in [-0.2, 0) is 4.79 Å². The van der Waals surface area contributed by atoms with Crippen LogP contribution in [0.25, 0.3) is 0 Å². The topological polar surface area (TPSA) is 59.2 Å². The second-order valence-corrected chi connectivity index (χ2v) is 4.18. The van der Waals surface area contributed by atoms with E-state index in [0.29, 0.717) is 0 Å².